The van der Waals surface area contributed by atoms with Gasteiger partial charge in [0, 0.05) is 6.07 Å². The van der Waals surface area contributed by atoms with E-state index in [-0.39, 0.29) is 12.1 Å². The van der Waals surface area contributed by atoms with E-state index >= 15 is 0 Å². The van der Waals surface area contributed by atoms with Gasteiger partial charge in [-0.25, -0.2) is 13.6 Å². The molecular formula is C9H7F6NO3S. The molecule has 4 nitrogen and oxygen atoms in total. The van der Waals surface area contributed by atoms with Gasteiger partial charge < -0.3 is 4.74 Å². The van der Waals surface area contributed by atoms with Crippen LogP contribution in [0.1, 0.15) is 11.1 Å². The van der Waals surface area contributed by atoms with Crippen LogP contribution in [0.3, 0.4) is 0 Å². The number of halogens is 6. The maximum absolute atomic E-state index is 12.7. The van der Waals surface area contributed by atoms with Crippen LogP contribution >= 0.6 is 0 Å². The van der Waals surface area contributed by atoms with Crippen LogP contribution in [0.15, 0.2) is 17.0 Å². The van der Waals surface area contributed by atoms with Crippen molar-refractivity contribution < 1.29 is 39.5 Å². The van der Waals surface area contributed by atoms with E-state index in [1.807, 2.05) is 0 Å². The molecule has 0 aliphatic heterocycles. The number of primary sulfonamides is 1. The van der Waals surface area contributed by atoms with Gasteiger partial charge in [-0.05, 0) is 6.07 Å². The summed E-state index contributed by atoms with van der Waals surface area (Å²) in [6.45, 7) is 0. The SMILES string of the molecule is COc1cc(S(N)(=O)=O)c(C(F)(F)F)cc1C(F)(F)F. The molecule has 2 N–H and O–H groups in total. The van der Waals surface area contributed by atoms with Crippen molar-refractivity contribution in [3.63, 3.8) is 0 Å². The fourth-order valence-corrected chi connectivity index (χ4v) is 2.16. The van der Waals surface area contributed by atoms with Gasteiger partial charge in [-0.15, -0.1) is 0 Å². The number of hydrogen-bond donors (Lipinski definition) is 1. The van der Waals surface area contributed by atoms with Crippen molar-refractivity contribution in [2.45, 2.75) is 17.2 Å². The second-order valence-corrected chi connectivity index (χ2v) is 5.12. The second-order valence-electron chi connectivity index (χ2n) is 3.59. The van der Waals surface area contributed by atoms with Crippen molar-refractivity contribution in [1.82, 2.24) is 0 Å². The van der Waals surface area contributed by atoms with Crippen LogP contribution < -0.4 is 9.88 Å². The molecule has 11 heteroatoms. The van der Waals surface area contributed by atoms with Crippen LogP contribution in [0.5, 0.6) is 5.75 Å². The van der Waals surface area contributed by atoms with E-state index in [0.29, 0.717) is 0 Å². The molecule has 0 fully saturated rings. The standard InChI is InChI=1S/C9H7F6NO3S/c1-19-6-3-7(20(16,17)18)5(9(13,14)15)2-4(6)8(10,11)12/h2-3H,1H3,(H2,16,17,18). The molecule has 0 unspecified atom stereocenters. The molecule has 0 radical (unpaired) electrons. The molecule has 0 aromatic heterocycles. The van der Waals surface area contributed by atoms with Crippen LogP contribution in [0.2, 0.25) is 0 Å². The zero-order chi connectivity index (χ0) is 15.9. The minimum absolute atomic E-state index is 0.0982. The monoisotopic (exact) mass is 323 g/mol. The molecule has 1 aromatic carbocycles. The summed E-state index contributed by atoms with van der Waals surface area (Å²) in [7, 11) is -4.12. The average Bonchev–Trinajstić information content (AvgIpc) is 2.23. The molecular weight excluding hydrogens is 316 g/mol. The summed E-state index contributed by atoms with van der Waals surface area (Å²) in [5.41, 5.74) is -3.76. The molecule has 114 valence electrons. The highest BCUT2D eigenvalue weighted by Gasteiger charge is 2.42. The molecule has 0 saturated carbocycles. The summed E-state index contributed by atoms with van der Waals surface area (Å²) in [5, 5.41) is 4.57. The maximum Gasteiger partial charge on any atom is 0.419 e. The Morgan fingerprint density at radius 3 is 1.75 bits per heavy atom. The van der Waals surface area contributed by atoms with E-state index in [9.17, 15) is 34.8 Å². The first kappa shape index (κ1) is 16.6. The number of rotatable bonds is 2. The third-order valence-electron chi connectivity index (χ3n) is 2.22. The molecule has 1 rings (SSSR count). The Balaban J connectivity index is 3.82. The Morgan fingerprint density at radius 1 is 1.00 bits per heavy atom. The van der Waals surface area contributed by atoms with Gasteiger partial charge in [0.1, 0.15) is 5.75 Å². The first-order valence-corrected chi connectivity index (χ1v) is 6.22. The summed E-state index contributed by atoms with van der Waals surface area (Å²) >= 11 is 0. The van der Waals surface area contributed by atoms with Crippen molar-refractivity contribution in [3.8, 4) is 5.75 Å². The fraction of sp³-hybridized carbons (Fsp3) is 0.333. The van der Waals surface area contributed by atoms with E-state index in [0.717, 1.165) is 7.11 Å². The maximum atomic E-state index is 12.7. The Hall–Kier alpha value is -1.49. The minimum Gasteiger partial charge on any atom is -0.496 e. The summed E-state index contributed by atoms with van der Waals surface area (Å²) in [5.74, 6) is -1.07. The molecule has 0 saturated heterocycles. The first-order chi connectivity index (χ1) is 8.78. The third-order valence-corrected chi connectivity index (χ3v) is 3.17. The van der Waals surface area contributed by atoms with Crippen LogP contribution in [-0.2, 0) is 22.4 Å². The highest BCUT2D eigenvalue weighted by molar-refractivity contribution is 7.89. The Bertz CT molecular complexity index is 620. The van der Waals surface area contributed by atoms with E-state index < -0.39 is 44.1 Å². The highest BCUT2D eigenvalue weighted by Crippen LogP contribution is 2.43. The smallest absolute Gasteiger partial charge is 0.419 e. The summed E-state index contributed by atoms with van der Waals surface area (Å²) in [6.07, 6.45) is -10.5. The summed E-state index contributed by atoms with van der Waals surface area (Å²) in [4.78, 5) is -1.49. The van der Waals surface area contributed by atoms with E-state index in [1.54, 1.807) is 0 Å². The van der Waals surface area contributed by atoms with Crippen molar-refractivity contribution in [2.24, 2.45) is 5.14 Å². The van der Waals surface area contributed by atoms with E-state index in [2.05, 4.69) is 9.88 Å². The highest BCUT2D eigenvalue weighted by atomic mass is 32.2. The van der Waals surface area contributed by atoms with Gasteiger partial charge in [-0.3, -0.25) is 0 Å². The molecule has 20 heavy (non-hydrogen) atoms. The topological polar surface area (TPSA) is 69.4 Å². The number of hydrogen-bond acceptors (Lipinski definition) is 3. The Morgan fingerprint density at radius 2 is 1.45 bits per heavy atom. The molecule has 0 aliphatic carbocycles. The van der Waals surface area contributed by atoms with Crippen LogP contribution in [0, 0.1) is 0 Å². The number of nitrogens with two attached hydrogens (primary N) is 1. The number of alkyl halides is 6. The predicted molar refractivity (Wildman–Crippen MR) is 54.4 cm³/mol. The van der Waals surface area contributed by atoms with Gasteiger partial charge in [0.05, 0.1) is 23.1 Å². The van der Waals surface area contributed by atoms with Crippen molar-refractivity contribution in [2.75, 3.05) is 7.11 Å². The number of ether oxygens (including phenoxy) is 1. The summed E-state index contributed by atoms with van der Waals surface area (Å²) < 4.78 is 102. The van der Waals surface area contributed by atoms with Crippen molar-refractivity contribution >= 4 is 10.0 Å². The van der Waals surface area contributed by atoms with Gasteiger partial charge in [0.25, 0.3) is 0 Å². The van der Waals surface area contributed by atoms with Gasteiger partial charge in [-0.2, -0.15) is 26.3 Å². The lowest BCUT2D eigenvalue weighted by atomic mass is 10.1. The number of methoxy groups -OCH3 is 1. The van der Waals surface area contributed by atoms with Crippen LogP contribution in [0.25, 0.3) is 0 Å². The molecule has 0 spiro atoms. The van der Waals surface area contributed by atoms with Crippen LogP contribution in [-0.4, -0.2) is 15.5 Å². The normalized spacial score (nSPS) is 13.4. The lowest BCUT2D eigenvalue weighted by Crippen LogP contribution is -2.21. The molecule has 0 heterocycles. The van der Waals surface area contributed by atoms with Gasteiger partial charge in [0.2, 0.25) is 10.0 Å². The molecule has 0 aliphatic rings. The second kappa shape index (κ2) is 4.81. The van der Waals surface area contributed by atoms with Crippen molar-refractivity contribution in [3.05, 3.63) is 23.3 Å². The molecule has 0 atom stereocenters. The number of benzene rings is 1. The summed E-state index contributed by atoms with van der Waals surface area (Å²) in [6, 6.07) is -0.250. The largest absolute Gasteiger partial charge is 0.496 e. The lowest BCUT2D eigenvalue weighted by molar-refractivity contribution is -0.145. The predicted octanol–water partition coefficient (Wildman–Crippen LogP) is 2.38. The van der Waals surface area contributed by atoms with Crippen molar-refractivity contribution in [1.29, 1.82) is 0 Å². The van der Waals surface area contributed by atoms with Gasteiger partial charge in [0.15, 0.2) is 0 Å². The van der Waals surface area contributed by atoms with Crippen LogP contribution in [0.4, 0.5) is 26.3 Å². The Kier molecular flexibility index (Phi) is 3.98. The fourth-order valence-electron chi connectivity index (χ4n) is 1.41. The quantitative estimate of drug-likeness (QED) is 0.850. The number of sulfonamides is 1. The molecule has 0 bridgehead atoms. The third kappa shape index (κ3) is 3.33. The lowest BCUT2D eigenvalue weighted by Gasteiger charge is -2.17. The molecule has 0 amide bonds. The van der Waals surface area contributed by atoms with E-state index in [1.165, 1.54) is 0 Å². The minimum atomic E-state index is -5.33. The van der Waals surface area contributed by atoms with E-state index in [4.69, 9.17) is 0 Å². The van der Waals surface area contributed by atoms with Gasteiger partial charge >= 0.3 is 12.4 Å². The zero-order valence-corrected chi connectivity index (χ0v) is 10.4. The average molecular weight is 323 g/mol. The zero-order valence-electron chi connectivity index (χ0n) is 9.63. The first-order valence-electron chi connectivity index (χ1n) is 4.67. The van der Waals surface area contributed by atoms with Gasteiger partial charge in [-0.1, -0.05) is 0 Å². The Labute approximate surface area is 109 Å². The molecule has 1 aromatic rings.